The molecule has 5 nitrogen and oxygen atoms in total. The first-order valence-corrected chi connectivity index (χ1v) is 9.64. The highest BCUT2D eigenvalue weighted by Crippen LogP contribution is 2.21. The van der Waals surface area contributed by atoms with Crippen LogP contribution in [-0.4, -0.2) is 40.6 Å². The van der Waals surface area contributed by atoms with Gasteiger partial charge in [-0.2, -0.15) is 0 Å². The maximum Gasteiger partial charge on any atom is 0.261 e. The molecule has 0 aliphatic carbocycles. The monoisotopic (exact) mass is 362 g/mol. The van der Waals surface area contributed by atoms with Crippen LogP contribution in [0.2, 0.25) is 0 Å². The zero-order valence-electron chi connectivity index (χ0n) is 16.0. The molecule has 1 aliphatic heterocycles. The van der Waals surface area contributed by atoms with E-state index < -0.39 is 0 Å². The standard InChI is InChI=1S/C22H26N4O/c1-17(2)26-16-23-21-14-19(8-9-20(21)22(26)27)25-12-10-24(11-13-25)15-18-6-4-3-5-7-18/h3-9,14,16-17H,10-13,15H2,1-2H3. The molecular formula is C22H26N4O. The molecule has 27 heavy (non-hydrogen) atoms. The molecule has 0 spiro atoms. The fourth-order valence-corrected chi connectivity index (χ4v) is 3.69. The van der Waals surface area contributed by atoms with Gasteiger partial charge in [0.2, 0.25) is 0 Å². The van der Waals surface area contributed by atoms with Crippen molar-refractivity contribution in [2.24, 2.45) is 0 Å². The third-order valence-corrected chi connectivity index (χ3v) is 5.31. The normalized spacial score (nSPS) is 15.6. The molecule has 0 saturated carbocycles. The molecule has 1 aromatic heterocycles. The Balaban J connectivity index is 1.47. The Morgan fingerprint density at radius 2 is 1.74 bits per heavy atom. The summed E-state index contributed by atoms with van der Waals surface area (Å²) in [5.41, 5.74) is 3.33. The van der Waals surface area contributed by atoms with Gasteiger partial charge in [0.1, 0.15) is 0 Å². The SMILES string of the molecule is CC(C)n1cnc2cc(N3CCN(Cc4ccccc4)CC3)ccc2c1=O. The van der Waals surface area contributed by atoms with Crippen LogP contribution in [0, 0.1) is 0 Å². The predicted molar refractivity (Wildman–Crippen MR) is 110 cm³/mol. The fraction of sp³-hybridized carbons (Fsp3) is 0.364. The quantitative estimate of drug-likeness (QED) is 0.714. The van der Waals surface area contributed by atoms with Crippen LogP contribution in [0.25, 0.3) is 10.9 Å². The molecule has 0 unspecified atom stereocenters. The molecule has 1 aliphatic rings. The summed E-state index contributed by atoms with van der Waals surface area (Å²) in [5.74, 6) is 0. The summed E-state index contributed by atoms with van der Waals surface area (Å²) in [6.45, 7) is 9.05. The summed E-state index contributed by atoms with van der Waals surface area (Å²) >= 11 is 0. The van der Waals surface area contributed by atoms with Crippen molar-refractivity contribution in [3.05, 3.63) is 70.8 Å². The highest BCUT2D eigenvalue weighted by atomic mass is 16.1. The molecule has 2 heterocycles. The van der Waals surface area contributed by atoms with Gasteiger partial charge in [0, 0.05) is 44.5 Å². The molecular weight excluding hydrogens is 336 g/mol. The lowest BCUT2D eigenvalue weighted by Crippen LogP contribution is -2.46. The summed E-state index contributed by atoms with van der Waals surface area (Å²) in [6.07, 6.45) is 1.66. The minimum atomic E-state index is 0.0363. The van der Waals surface area contributed by atoms with E-state index >= 15 is 0 Å². The third-order valence-electron chi connectivity index (χ3n) is 5.31. The topological polar surface area (TPSA) is 41.4 Å². The van der Waals surface area contributed by atoms with Crippen molar-refractivity contribution in [1.29, 1.82) is 0 Å². The Morgan fingerprint density at radius 1 is 1.00 bits per heavy atom. The average Bonchev–Trinajstić information content (AvgIpc) is 2.69. The largest absolute Gasteiger partial charge is 0.369 e. The van der Waals surface area contributed by atoms with Gasteiger partial charge in [-0.3, -0.25) is 14.3 Å². The maximum absolute atomic E-state index is 12.6. The van der Waals surface area contributed by atoms with E-state index in [0.717, 1.165) is 43.9 Å². The van der Waals surface area contributed by atoms with Crippen LogP contribution in [-0.2, 0) is 6.54 Å². The minimum absolute atomic E-state index is 0.0363. The Labute approximate surface area is 159 Å². The van der Waals surface area contributed by atoms with Crippen LogP contribution in [0.15, 0.2) is 59.7 Å². The molecule has 5 heteroatoms. The van der Waals surface area contributed by atoms with Gasteiger partial charge in [-0.25, -0.2) is 4.98 Å². The highest BCUT2D eigenvalue weighted by molar-refractivity contribution is 5.81. The summed E-state index contributed by atoms with van der Waals surface area (Å²) in [7, 11) is 0. The van der Waals surface area contributed by atoms with Crippen molar-refractivity contribution in [2.75, 3.05) is 31.1 Å². The minimum Gasteiger partial charge on any atom is -0.369 e. The van der Waals surface area contributed by atoms with E-state index in [1.165, 1.54) is 5.56 Å². The van der Waals surface area contributed by atoms with Gasteiger partial charge in [-0.1, -0.05) is 30.3 Å². The number of benzene rings is 2. The zero-order valence-corrected chi connectivity index (χ0v) is 16.0. The molecule has 1 fully saturated rings. The van der Waals surface area contributed by atoms with Crippen LogP contribution in [0.5, 0.6) is 0 Å². The Kier molecular flexibility index (Phi) is 4.94. The summed E-state index contributed by atoms with van der Waals surface area (Å²) in [5, 5.41) is 0.692. The molecule has 0 amide bonds. The number of hydrogen-bond acceptors (Lipinski definition) is 4. The van der Waals surface area contributed by atoms with E-state index in [4.69, 9.17) is 0 Å². The fourth-order valence-electron chi connectivity index (χ4n) is 3.69. The van der Waals surface area contributed by atoms with Gasteiger partial charge in [0.15, 0.2) is 0 Å². The third kappa shape index (κ3) is 3.74. The molecule has 0 atom stereocenters. The first-order chi connectivity index (χ1) is 13.1. The Bertz CT molecular complexity index is 973. The number of nitrogens with zero attached hydrogens (tertiary/aromatic N) is 4. The molecule has 0 N–H and O–H groups in total. The first kappa shape index (κ1) is 17.7. The van der Waals surface area contributed by atoms with E-state index in [1.54, 1.807) is 10.9 Å². The van der Waals surface area contributed by atoms with Gasteiger partial charge in [0.05, 0.1) is 17.2 Å². The van der Waals surface area contributed by atoms with Crippen LogP contribution >= 0.6 is 0 Å². The number of anilines is 1. The second-order valence-electron chi connectivity index (χ2n) is 7.50. The van der Waals surface area contributed by atoms with E-state index in [1.807, 2.05) is 26.0 Å². The van der Waals surface area contributed by atoms with E-state index in [-0.39, 0.29) is 11.6 Å². The Hall–Kier alpha value is -2.66. The van der Waals surface area contributed by atoms with E-state index in [2.05, 4.69) is 51.2 Å². The second kappa shape index (κ2) is 7.53. The van der Waals surface area contributed by atoms with Crippen LogP contribution < -0.4 is 10.5 Å². The summed E-state index contributed by atoms with van der Waals surface area (Å²) in [4.78, 5) is 22.0. The lowest BCUT2D eigenvalue weighted by Gasteiger charge is -2.36. The van der Waals surface area contributed by atoms with Gasteiger partial charge in [-0.15, -0.1) is 0 Å². The van der Waals surface area contributed by atoms with Crippen molar-refractivity contribution in [3.8, 4) is 0 Å². The zero-order chi connectivity index (χ0) is 18.8. The number of piperazine rings is 1. The lowest BCUT2D eigenvalue weighted by atomic mass is 10.1. The van der Waals surface area contributed by atoms with Crippen LogP contribution in [0.1, 0.15) is 25.5 Å². The molecule has 4 rings (SSSR count). The summed E-state index contributed by atoms with van der Waals surface area (Å²) < 4.78 is 1.68. The van der Waals surface area contributed by atoms with Crippen molar-refractivity contribution < 1.29 is 0 Å². The molecule has 0 bridgehead atoms. The van der Waals surface area contributed by atoms with E-state index in [0.29, 0.717) is 5.39 Å². The first-order valence-electron chi connectivity index (χ1n) is 9.64. The molecule has 0 radical (unpaired) electrons. The van der Waals surface area contributed by atoms with Crippen molar-refractivity contribution in [2.45, 2.75) is 26.4 Å². The van der Waals surface area contributed by atoms with Crippen LogP contribution in [0.4, 0.5) is 5.69 Å². The lowest BCUT2D eigenvalue weighted by molar-refractivity contribution is 0.250. The smallest absolute Gasteiger partial charge is 0.261 e. The summed E-state index contributed by atoms with van der Waals surface area (Å²) in [6, 6.07) is 16.8. The van der Waals surface area contributed by atoms with E-state index in [9.17, 15) is 4.79 Å². The van der Waals surface area contributed by atoms with Gasteiger partial charge in [-0.05, 0) is 37.6 Å². The maximum atomic E-state index is 12.6. The Morgan fingerprint density at radius 3 is 2.44 bits per heavy atom. The second-order valence-corrected chi connectivity index (χ2v) is 7.50. The van der Waals surface area contributed by atoms with Crippen molar-refractivity contribution in [3.63, 3.8) is 0 Å². The highest BCUT2D eigenvalue weighted by Gasteiger charge is 2.18. The number of hydrogen-bond donors (Lipinski definition) is 0. The molecule has 2 aromatic carbocycles. The van der Waals surface area contributed by atoms with Gasteiger partial charge >= 0.3 is 0 Å². The predicted octanol–water partition coefficient (Wildman–Crippen LogP) is 3.30. The van der Waals surface area contributed by atoms with Crippen molar-refractivity contribution in [1.82, 2.24) is 14.5 Å². The van der Waals surface area contributed by atoms with Crippen LogP contribution in [0.3, 0.4) is 0 Å². The van der Waals surface area contributed by atoms with Gasteiger partial charge < -0.3 is 4.90 Å². The van der Waals surface area contributed by atoms with Gasteiger partial charge in [0.25, 0.3) is 5.56 Å². The molecule has 1 saturated heterocycles. The molecule has 140 valence electrons. The molecule has 3 aromatic rings. The number of rotatable bonds is 4. The number of aromatic nitrogens is 2. The number of fused-ring (bicyclic) bond motifs is 1. The average molecular weight is 362 g/mol. The van der Waals surface area contributed by atoms with Crippen molar-refractivity contribution >= 4 is 16.6 Å².